The zero-order chi connectivity index (χ0) is 24.0. The van der Waals surface area contributed by atoms with Gasteiger partial charge in [0.15, 0.2) is 6.61 Å². The first-order chi connectivity index (χ1) is 15.8. The summed E-state index contributed by atoms with van der Waals surface area (Å²) in [6, 6.07) is 12.4. The Kier molecular flexibility index (Phi) is 7.78. The third-order valence-corrected chi connectivity index (χ3v) is 4.87. The van der Waals surface area contributed by atoms with Crippen molar-refractivity contribution in [3.8, 4) is 11.3 Å². The van der Waals surface area contributed by atoms with Crippen LogP contribution in [0.25, 0.3) is 11.3 Å². The molecule has 1 heterocycles. The van der Waals surface area contributed by atoms with Gasteiger partial charge >= 0.3 is 11.9 Å². The number of nitrogens with zero attached hydrogens (tertiary/aromatic N) is 2. The lowest BCUT2D eigenvalue weighted by molar-refractivity contribution is -0.142. The van der Waals surface area contributed by atoms with E-state index in [4.69, 9.17) is 25.6 Å². The molecule has 0 aliphatic heterocycles. The fraction of sp³-hybridized carbons (Fsp3) is 0.217. The van der Waals surface area contributed by atoms with Crippen LogP contribution in [0.15, 0.2) is 53.1 Å². The molecular formula is C23H20ClFN2O6. The average Bonchev–Trinajstić information content (AvgIpc) is 3.17. The van der Waals surface area contributed by atoms with E-state index in [1.54, 1.807) is 37.3 Å². The van der Waals surface area contributed by atoms with Crippen molar-refractivity contribution in [3.05, 3.63) is 70.7 Å². The predicted octanol–water partition coefficient (Wildman–Crippen LogP) is 4.20. The largest absolute Gasteiger partial charge is 0.465 e. The van der Waals surface area contributed by atoms with Crippen LogP contribution in [0.3, 0.4) is 0 Å². The number of rotatable bonds is 8. The lowest BCUT2D eigenvalue weighted by atomic mass is 10.1. The molecule has 1 amide bonds. The minimum absolute atomic E-state index is 0.0260. The average molecular weight is 475 g/mol. The second-order valence-corrected chi connectivity index (χ2v) is 7.16. The minimum atomic E-state index is -0.958. The molecule has 0 saturated carbocycles. The van der Waals surface area contributed by atoms with Crippen molar-refractivity contribution in [1.82, 2.24) is 5.16 Å². The first kappa shape index (κ1) is 23.9. The van der Waals surface area contributed by atoms with Crippen LogP contribution in [0.1, 0.15) is 23.0 Å². The van der Waals surface area contributed by atoms with Gasteiger partial charge in [-0.15, -0.1) is 0 Å². The van der Waals surface area contributed by atoms with Crippen molar-refractivity contribution in [2.24, 2.45) is 0 Å². The fourth-order valence-electron chi connectivity index (χ4n) is 3.05. The third-order valence-electron chi connectivity index (χ3n) is 4.55. The van der Waals surface area contributed by atoms with Crippen LogP contribution in [-0.4, -0.2) is 42.8 Å². The molecule has 3 aromatic rings. The molecule has 0 aliphatic rings. The summed E-state index contributed by atoms with van der Waals surface area (Å²) in [6.45, 7) is 2.19. The van der Waals surface area contributed by atoms with E-state index in [0.717, 1.165) is 11.0 Å². The molecule has 0 unspecified atom stereocenters. The van der Waals surface area contributed by atoms with Crippen LogP contribution >= 0.6 is 11.6 Å². The number of hydrogen-bond acceptors (Lipinski definition) is 7. The lowest BCUT2D eigenvalue weighted by Gasteiger charge is -2.21. The van der Waals surface area contributed by atoms with E-state index >= 15 is 0 Å². The van der Waals surface area contributed by atoms with Gasteiger partial charge in [-0.25, -0.2) is 9.18 Å². The molecule has 0 aliphatic carbocycles. The third kappa shape index (κ3) is 5.56. The monoisotopic (exact) mass is 474 g/mol. The standard InChI is InChI=1S/C23H20ClFN2O6/c1-3-31-19(29)12-27(15-8-5-4-6-9-15)18(28)13-32-23(30)20-14(2)33-26-22(20)21-16(24)10-7-11-17(21)25/h4-11H,3,12-13H2,1-2H3. The maximum absolute atomic E-state index is 14.4. The van der Waals surface area contributed by atoms with Gasteiger partial charge in [-0.3, -0.25) is 14.5 Å². The molecule has 8 nitrogen and oxygen atoms in total. The number of amides is 1. The van der Waals surface area contributed by atoms with Crippen LogP contribution in [0.4, 0.5) is 10.1 Å². The Morgan fingerprint density at radius 1 is 1.09 bits per heavy atom. The molecule has 0 fully saturated rings. The molecule has 0 N–H and O–H groups in total. The summed E-state index contributed by atoms with van der Waals surface area (Å²) in [5.74, 6) is -2.88. The number of anilines is 1. The highest BCUT2D eigenvalue weighted by atomic mass is 35.5. The highest BCUT2D eigenvalue weighted by Crippen LogP contribution is 2.33. The normalized spacial score (nSPS) is 10.5. The first-order valence-corrected chi connectivity index (χ1v) is 10.3. The number of carbonyl (C=O) groups excluding carboxylic acids is 3. The van der Waals surface area contributed by atoms with Gasteiger partial charge in [0, 0.05) is 5.69 Å². The summed E-state index contributed by atoms with van der Waals surface area (Å²) in [4.78, 5) is 38.7. The van der Waals surface area contributed by atoms with Crippen molar-refractivity contribution in [2.45, 2.75) is 13.8 Å². The molecule has 0 radical (unpaired) electrons. The summed E-state index contributed by atoms with van der Waals surface area (Å²) in [5, 5.41) is 3.77. The topological polar surface area (TPSA) is 98.9 Å². The molecule has 0 bridgehead atoms. The maximum Gasteiger partial charge on any atom is 0.344 e. The number of para-hydroxylation sites is 1. The zero-order valence-corrected chi connectivity index (χ0v) is 18.6. The van der Waals surface area contributed by atoms with Gasteiger partial charge in [0.2, 0.25) is 0 Å². The number of esters is 2. The van der Waals surface area contributed by atoms with Crippen molar-refractivity contribution in [3.63, 3.8) is 0 Å². The second kappa shape index (κ2) is 10.7. The van der Waals surface area contributed by atoms with E-state index in [9.17, 15) is 18.8 Å². The van der Waals surface area contributed by atoms with E-state index in [2.05, 4.69) is 5.16 Å². The maximum atomic E-state index is 14.4. The molecule has 2 aromatic carbocycles. The highest BCUT2D eigenvalue weighted by Gasteiger charge is 2.28. The van der Waals surface area contributed by atoms with E-state index in [1.807, 2.05) is 0 Å². The minimum Gasteiger partial charge on any atom is -0.465 e. The summed E-state index contributed by atoms with van der Waals surface area (Å²) < 4.78 is 29.5. The molecule has 0 spiro atoms. The smallest absolute Gasteiger partial charge is 0.344 e. The number of benzene rings is 2. The van der Waals surface area contributed by atoms with Gasteiger partial charge in [0.05, 0.1) is 17.2 Å². The van der Waals surface area contributed by atoms with Gasteiger partial charge in [0.25, 0.3) is 5.91 Å². The number of aromatic nitrogens is 1. The van der Waals surface area contributed by atoms with E-state index < -0.39 is 30.3 Å². The number of hydrogen-bond donors (Lipinski definition) is 0. The van der Waals surface area contributed by atoms with Gasteiger partial charge in [-0.1, -0.05) is 41.0 Å². The van der Waals surface area contributed by atoms with Crippen molar-refractivity contribution in [2.75, 3.05) is 24.7 Å². The van der Waals surface area contributed by atoms with Gasteiger partial charge in [-0.2, -0.15) is 0 Å². The highest BCUT2D eigenvalue weighted by molar-refractivity contribution is 6.33. The Morgan fingerprint density at radius 3 is 2.48 bits per heavy atom. The van der Waals surface area contributed by atoms with E-state index in [-0.39, 0.29) is 40.8 Å². The summed E-state index contributed by atoms with van der Waals surface area (Å²) in [5.41, 5.74) is 0.0000427. The Bertz CT molecular complexity index is 1140. The SMILES string of the molecule is CCOC(=O)CN(C(=O)COC(=O)c1c(-c2c(F)cccc2Cl)noc1C)c1ccccc1. The Hall–Kier alpha value is -3.72. The van der Waals surface area contributed by atoms with Crippen LogP contribution < -0.4 is 4.90 Å². The molecule has 3 rings (SSSR count). The molecule has 10 heteroatoms. The van der Waals surface area contributed by atoms with Gasteiger partial charge in [-0.05, 0) is 38.1 Å². The van der Waals surface area contributed by atoms with E-state index in [1.165, 1.54) is 19.1 Å². The molecule has 172 valence electrons. The molecule has 1 aromatic heterocycles. The Morgan fingerprint density at radius 2 is 1.82 bits per heavy atom. The number of aryl methyl sites for hydroxylation is 1. The fourth-order valence-corrected chi connectivity index (χ4v) is 3.30. The van der Waals surface area contributed by atoms with Gasteiger partial charge < -0.3 is 14.0 Å². The molecule has 0 atom stereocenters. The lowest BCUT2D eigenvalue weighted by Crippen LogP contribution is -2.39. The Balaban J connectivity index is 1.80. The number of ether oxygens (including phenoxy) is 2. The predicted molar refractivity (Wildman–Crippen MR) is 117 cm³/mol. The van der Waals surface area contributed by atoms with Crippen LogP contribution in [0.2, 0.25) is 5.02 Å². The summed E-state index contributed by atoms with van der Waals surface area (Å²) in [6.07, 6.45) is 0. The van der Waals surface area contributed by atoms with Crippen LogP contribution in [0.5, 0.6) is 0 Å². The Labute approximate surface area is 193 Å². The van der Waals surface area contributed by atoms with E-state index in [0.29, 0.717) is 5.69 Å². The van der Waals surface area contributed by atoms with Crippen molar-refractivity contribution in [1.29, 1.82) is 0 Å². The van der Waals surface area contributed by atoms with Crippen molar-refractivity contribution < 1.29 is 32.8 Å². The number of halogens is 2. The zero-order valence-electron chi connectivity index (χ0n) is 17.8. The molecular weight excluding hydrogens is 455 g/mol. The quantitative estimate of drug-likeness (QED) is 0.451. The van der Waals surface area contributed by atoms with Crippen LogP contribution in [0, 0.1) is 12.7 Å². The second-order valence-electron chi connectivity index (χ2n) is 6.76. The summed E-state index contributed by atoms with van der Waals surface area (Å²) in [7, 11) is 0. The first-order valence-electron chi connectivity index (χ1n) is 9.92. The molecule has 33 heavy (non-hydrogen) atoms. The molecule has 0 saturated heterocycles. The van der Waals surface area contributed by atoms with Crippen molar-refractivity contribution >= 4 is 35.1 Å². The summed E-state index contributed by atoms with van der Waals surface area (Å²) >= 11 is 6.08. The van der Waals surface area contributed by atoms with Gasteiger partial charge in [0.1, 0.15) is 29.4 Å². The van der Waals surface area contributed by atoms with Crippen LogP contribution in [-0.2, 0) is 19.1 Å². The number of carbonyl (C=O) groups is 3.